The van der Waals surface area contributed by atoms with E-state index in [1.165, 1.54) is 77.0 Å². The minimum absolute atomic E-state index is 0.200. The Labute approximate surface area is 520 Å². The highest BCUT2D eigenvalue weighted by molar-refractivity contribution is 5.76. The molecule has 19 nitrogen and oxygen atoms in total. The largest absolute Gasteiger partial charge is 0.394 e. The minimum Gasteiger partial charge on any atom is -0.394 e. The number of ether oxygens (including phenoxy) is 6. The summed E-state index contributed by atoms with van der Waals surface area (Å²) in [6.45, 7) is 1.56. The number of aliphatic hydroxyl groups excluding tert-OH is 11. The van der Waals surface area contributed by atoms with Crippen LogP contribution in [0, 0.1) is 0 Å². The Hall–Kier alpha value is -3.29. The van der Waals surface area contributed by atoms with Gasteiger partial charge in [-0.1, -0.05) is 201 Å². The fraction of sp³-hybridized carbons (Fsp3) is 0.750. The molecule has 0 spiro atoms. The molecule has 3 fully saturated rings. The lowest BCUT2D eigenvalue weighted by Gasteiger charge is -2.48. The number of amides is 1. The SMILES string of the molecule is CC/C=C\C/C=C\C/C=C\C/C=C\C/C=C\C/C=C\CCCCCCC(=O)NC(COC1OC(CO)C(OC2OC(CO)C(OC3OC(CO)C(O)C(O)C3O)C(O)C2O)C(O)C1O)C(O)/C=C/CC/C=C/CCCCCCCCCCCCCCC. The van der Waals surface area contributed by atoms with Gasteiger partial charge in [-0.2, -0.15) is 0 Å². The summed E-state index contributed by atoms with van der Waals surface area (Å²) in [5.41, 5.74) is 0. The third-order valence-electron chi connectivity index (χ3n) is 15.9. The van der Waals surface area contributed by atoms with Crippen LogP contribution >= 0.6 is 0 Å². The lowest BCUT2D eigenvalue weighted by atomic mass is 9.96. The first-order valence-electron chi connectivity index (χ1n) is 33.0. The van der Waals surface area contributed by atoms with Crippen LogP contribution in [0.25, 0.3) is 0 Å². The molecule has 500 valence electrons. The van der Waals surface area contributed by atoms with Gasteiger partial charge in [0.2, 0.25) is 5.91 Å². The molecule has 0 radical (unpaired) electrons. The van der Waals surface area contributed by atoms with E-state index in [0.717, 1.165) is 83.5 Å². The Morgan fingerprint density at radius 3 is 1.29 bits per heavy atom. The molecule has 19 heteroatoms. The fourth-order valence-electron chi connectivity index (χ4n) is 10.5. The first kappa shape index (κ1) is 78.0. The fourth-order valence-corrected chi connectivity index (χ4v) is 10.5. The summed E-state index contributed by atoms with van der Waals surface area (Å²) in [6, 6.07) is -1.01. The van der Waals surface area contributed by atoms with Gasteiger partial charge in [0, 0.05) is 6.42 Å². The molecule has 12 N–H and O–H groups in total. The highest BCUT2D eigenvalue weighted by atomic mass is 16.8. The van der Waals surface area contributed by atoms with E-state index < -0.39 is 124 Å². The molecule has 1 amide bonds. The zero-order chi connectivity index (χ0) is 63.3. The van der Waals surface area contributed by atoms with Crippen LogP contribution in [0.2, 0.25) is 0 Å². The molecule has 87 heavy (non-hydrogen) atoms. The third-order valence-corrected chi connectivity index (χ3v) is 15.9. The Balaban J connectivity index is 1.49. The summed E-state index contributed by atoms with van der Waals surface area (Å²) in [5.74, 6) is -0.314. The second-order valence-electron chi connectivity index (χ2n) is 23.2. The highest BCUT2D eigenvalue weighted by Crippen LogP contribution is 2.33. The molecule has 3 heterocycles. The third kappa shape index (κ3) is 32.0. The molecule has 17 atom stereocenters. The lowest BCUT2D eigenvalue weighted by Crippen LogP contribution is -2.66. The molecule has 3 aliphatic rings. The summed E-state index contributed by atoms with van der Waals surface area (Å²) in [6.07, 6.45) is 36.6. The molecule has 3 aliphatic heterocycles. The van der Waals surface area contributed by atoms with Crippen molar-refractivity contribution in [2.24, 2.45) is 0 Å². The average Bonchev–Trinajstić information content (AvgIpc) is 2.58. The van der Waals surface area contributed by atoms with Crippen molar-refractivity contribution in [3.63, 3.8) is 0 Å². The van der Waals surface area contributed by atoms with Crippen molar-refractivity contribution in [1.29, 1.82) is 0 Å². The Kier molecular flexibility index (Phi) is 44.3. The van der Waals surface area contributed by atoms with E-state index in [-0.39, 0.29) is 18.9 Å². The predicted octanol–water partition coefficient (Wildman–Crippen LogP) is 7.71. The number of unbranched alkanes of at least 4 members (excludes halogenated alkanes) is 18. The molecule has 0 aromatic heterocycles. The molecule has 17 unspecified atom stereocenters. The second-order valence-corrected chi connectivity index (χ2v) is 23.2. The van der Waals surface area contributed by atoms with Crippen molar-refractivity contribution in [2.45, 2.75) is 298 Å². The van der Waals surface area contributed by atoms with Crippen LogP contribution in [0.3, 0.4) is 0 Å². The van der Waals surface area contributed by atoms with Crippen LogP contribution in [0.5, 0.6) is 0 Å². The monoisotopic (exact) mass is 1230 g/mol. The number of nitrogens with one attached hydrogen (secondary N) is 1. The average molecular weight is 1230 g/mol. The second kappa shape index (κ2) is 49.4. The summed E-state index contributed by atoms with van der Waals surface area (Å²) in [7, 11) is 0. The van der Waals surface area contributed by atoms with E-state index >= 15 is 0 Å². The summed E-state index contributed by atoms with van der Waals surface area (Å²) in [4.78, 5) is 13.4. The van der Waals surface area contributed by atoms with Crippen molar-refractivity contribution < 1.29 is 89.4 Å². The van der Waals surface area contributed by atoms with Gasteiger partial charge in [0.05, 0.1) is 38.6 Å². The molecule has 0 saturated carbocycles. The number of allylic oxidation sites excluding steroid dienone is 15. The molecule has 0 aromatic rings. The van der Waals surface area contributed by atoms with Crippen molar-refractivity contribution >= 4 is 5.91 Å². The van der Waals surface area contributed by atoms with E-state index in [1.54, 1.807) is 6.08 Å². The van der Waals surface area contributed by atoms with Gasteiger partial charge in [-0.15, -0.1) is 0 Å². The van der Waals surface area contributed by atoms with Crippen LogP contribution in [0.1, 0.15) is 194 Å². The van der Waals surface area contributed by atoms with Crippen molar-refractivity contribution in [2.75, 3.05) is 26.4 Å². The molecule has 0 bridgehead atoms. The number of carbonyl (C=O) groups is 1. The molecule has 3 rings (SSSR count). The smallest absolute Gasteiger partial charge is 0.220 e. The summed E-state index contributed by atoms with van der Waals surface area (Å²) in [5, 5.41) is 120. The van der Waals surface area contributed by atoms with Gasteiger partial charge in [0.1, 0.15) is 73.2 Å². The van der Waals surface area contributed by atoms with E-state index in [1.807, 2.05) is 6.08 Å². The Morgan fingerprint density at radius 2 is 0.805 bits per heavy atom. The normalized spacial score (nSPS) is 29.2. The van der Waals surface area contributed by atoms with Gasteiger partial charge in [-0.25, -0.2) is 0 Å². The zero-order valence-electron chi connectivity index (χ0n) is 52.5. The van der Waals surface area contributed by atoms with Crippen molar-refractivity contribution in [3.8, 4) is 0 Å². The van der Waals surface area contributed by atoms with Crippen LogP contribution in [0.15, 0.2) is 97.2 Å². The quantitative estimate of drug-likeness (QED) is 0.0205. The maximum atomic E-state index is 13.4. The maximum absolute atomic E-state index is 13.4. The molecule has 3 saturated heterocycles. The Bertz CT molecular complexity index is 1960. The molecular weight excluding hydrogens is 1120 g/mol. The highest BCUT2D eigenvalue weighted by Gasteiger charge is 2.53. The number of rotatable bonds is 48. The summed E-state index contributed by atoms with van der Waals surface area (Å²) < 4.78 is 34.3. The van der Waals surface area contributed by atoms with Crippen molar-refractivity contribution in [1.82, 2.24) is 5.32 Å². The minimum atomic E-state index is -1.99. The van der Waals surface area contributed by atoms with Crippen LogP contribution in [-0.4, -0.2) is 193 Å². The first-order valence-corrected chi connectivity index (χ1v) is 33.0. The van der Waals surface area contributed by atoms with Crippen LogP contribution < -0.4 is 5.32 Å². The van der Waals surface area contributed by atoms with Gasteiger partial charge in [-0.05, 0) is 83.5 Å². The zero-order valence-corrected chi connectivity index (χ0v) is 52.5. The standard InChI is InChI=1S/C68H115NO18/c1-3-5-7-9-11-13-15-17-19-21-23-24-25-26-28-30-32-34-36-38-40-42-44-46-56(74)69-51(52(73)45-43-41-39-37-35-33-31-29-27-22-20-18-16-14-12-10-8-6-4-2)50-82-66-62(80)59(77)64(54(48-71)84-66)87-68-63(81)60(78)65(55(49-72)85-68)86-67-61(79)58(76)57(75)53(47-70)83-67/h5,7,11,13,17,19,23-24,26,28,32,34-35,37,43,45,51-55,57-68,70-73,75-81H,3-4,6,8-10,12,14-16,18,20-22,25,27,29-31,33,36,38-42,44,46-50H2,1-2H3,(H,69,74)/b7-5-,13-11-,19-17-,24-23-,28-26-,34-32-,37-35+,45-43+. The lowest BCUT2D eigenvalue weighted by molar-refractivity contribution is -0.379. The summed E-state index contributed by atoms with van der Waals surface area (Å²) >= 11 is 0. The van der Waals surface area contributed by atoms with Gasteiger partial charge in [-0.3, -0.25) is 4.79 Å². The number of carbonyl (C=O) groups excluding carboxylic acids is 1. The van der Waals surface area contributed by atoms with Gasteiger partial charge >= 0.3 is 0 Å². The van der Waals surface area contributed by atoms with Gasteiger partial charge in [0.25, 0.3) is 0 Å². The first-order chi connectivity index (χ1) is 42.3. The van der Waals surface area contributed by atoms with Crippen molar-refractivity contribution in [3.05, 3.63) is 97.2 Å². The topological polar surface area (TPSA) is 307 Å². The Morgan fingerprint density at radius 1 is 0.425 bits per heavy atom. The predicted molar refractivity (Wildman–Crippen MR) is 337 cm³/mol. The number of aliphatic hydroxyl groups is 11. The number of hydrogen-bond donors (Lipinski definition) is 12. The number of hydrogen-bond acceptors (Lipinski definition) is 18. The molecule has 0 aromatic carbocycles. The molecule has 0 aliphatic carbocycles. The molecular formula is C68H115NO18. The van der Waals surface area contributed by atoms with E-state index in [9.17, 15) is 61.0 Å². The van der Waals surface area contributed by atoms with Gasteiger partial charge < -0.3 is 89.9 Å². The maximum Gasteiger partial charge on any atom is 0.220 e. The van der Waals surface area contributed by atoms with E-state index in [4.69, 9.17) is 28.4 Å². The van der Waals surface area contributed by atoms with Gasteiger partial charge in [0.15, 0.2) is 18.9 Å². The van der Waals surface area contributed by atoms with Crippen LogP contribution in [0.4, 0.5) is 0 Å². The van der Waals surface area contributed by atoms with E-state index in [2.05, 4.69) is 104 Å². The van der Waals surface area contributed by atoms with E-state index in [0.29, 0.717) is 12.8 Å². The van der Waals surface area contributed by atoms with Crippen LogP contribution in [-0.2, 0) is 33.2 Å².